The zero-order valence-corrected chi connectivity index (χ0v) is 81.3. The first-order valence-corrected chi connectivity index (χ1v) is 43.2. The van der Waals surface area contributed by atoms with Crippen LogP contribution < -0.4 is 0 Å². The molecular weight excluding hydrogens is 1890 g/mol. The van der Waals surface area contributed by atoms with Crippen molar-refractivity contribution in [3.63, 3.8) is 0 Å². The van der Waals surface area contributed by atoms with Crippen molar-refractivity contribution in [1.82, 2.24) is 29.4 Å². The lowest BCUT2D eigenvalue weighted by molar-refractivity contribution is -0.184. The van der Waals surface area contributed by atoms with Gasteiger partial charge < -0.3 is 91.0 Å². The van der Waals surface area contributed by atoms with Gasteiger partial charge in [-0.15, -0.1) is 0 Å². The number of carbonyl (C=O) groups is 12. The number of halogens is 6. The lowest BCUT2D eigenvalue weighted by Gasteiger charge is -2.37. The molecule has 0 aromatic heterocycles. The third-order valence-electron chi connectivity index (χ3n) is 18.4. The maximum Gasteiger partial charge on any atom is 0.320 e. The van der Waals surface area contributed by atoms with Gasteiger partial charge in [0.1, 0.15) is 108 Å². The fourth-order valence-electron chi connectivity index (χ4n) is 9.80. The third-order valence-corrected chi connectivity index (χ3v) is 23.0. The Morgan fingerprint density at radius 3 is 0.789 bits per heavy atom. The van der Waals surface area contributed by atoms with E-state index < -0.39 is 203 Å². The molecule has 0 aromatic rings. The van der Waals surface area contributed by atoms with E-state index in [1.54, 1.807) is 91.5 Å². The Bertz CT molecular complexity index is 2900. The summed E-state index contributed by atoms with van der Waals surface area (Å²) in [7, 11) is 21.6. The molecule has 0 aliphatic heterocycles. The van der Waals surface area contributed by atoms with Crippen molar-refractivity contribution in [2.75, 3.05) is 210 Å². The highest BCUT2D eigenvalue weighted by Crippen LogP contribution is 2.39. The van der Waals surface area contributed by atoms with Crippen LogP contribution in [-0.4, -0.2) is 346 Å². The Hall–Kier alpha value is -3.76. The molecule has 114 heavy (non-hydrogen) atoms. The van der Waals surface area contributed by atoms with E-state index in [1.807, 2.05) is 29.4 Å². The molecule has 0 radical (unpaired) electrons. The smallest absolute Gasteiger partial charge is 0.320 e. The Morgan fingerprint density at radius 1 is 0.289 bits per heavy atom. The van der Waals surface area contributed by atoms with Gasteiger partial charge >= 0.3 is 71.6 Å². The maximum absolute atomic E-state index is 15.1. The molecule has 0 aromatic carbocycles. The van der Waals surface area contributed by atoms with Crippen LogP contribution in [0.5, 0.6) is 0 Å². The van der Waals surface area contributed by atoms with Gasteiger partial charge in [-0.05, 0) is 206 Å². The normalized spacial score (nSPS) is 15.4. The molecule has 9 atom stereocenters. The second-order valence-electron chi connectivity index (χ2n) is 34.2. The molecule has 0 rings (SSSR count). The van der Waals surface area contributed by atoms with E-state index in [2.05, 4.69) is 95.6 Å². The van der Waals surface area contributed by atoms with Crippen LogP contribution in [0.25, 0.3) is 0 Å². The first kappa shape index (κ1) is 110. The highest BCUT2D eigenvalue weighted by Gasteiger charge is 2.48. The Morgan fingerprint density at radius 2 is 0.526 bits per heavy atom. The summed E-state index contributed by atoms with van der Waals surface area (Å²) in [5.74, 6) is -11.7. The predicted octanol–water partition coefficient (Wildman–Crippen LogP) is 8.19. The molecule has 31 nitrogen and oxygen atoms in total. The minimum Gasteiger partial charge on any atom is -0.465 e. The van der Waals surface area contributed by atoms with Crippen LogP contribution in [0.4, 0.5) is 0 Å². The molecule has 0 saturated carbocycles. The molecule has 0 heterocycles. The summed E-state index contributed by atoms with van der Waals surface area (Å²) >= 11 is 20.4. The van der Waals surface area contributed by atoms with E-state index in [-0.39, 0.29) is 71.7 Å². The Labute approximate surface area is 727 Å². The molecular formula is C77H132Br6N6O25. The number of esters is 12. The Balaban J connectivity index is 9.05. The topological polar surface area (TPSA) is 344 Å². The molecule has 37 heteroatoms. The molecule has 0 aliphatic carbocycles. The van der Waals surface area contributed by atoms with Crippen molar-refractivity contribution in [2.24, 2.45) is 49.7 Å². The number of ether oxygens (including phenoxy) is 13. The lowest BCUT2D eigenvalue weighted by Crippen LogP contribution is -2.48. The van der Waals surface area contributed by atoms with Gasteiger partial charge in [-0.1, -0.05) is 103 Å². The number of hydrogen-bond acceptors (Lipinski definition) is 31. The van der Waals surface area contributed by atoms with Gasteiger partial charge in [0.05, 0.1) is 57.0 Å². The summed E-state index contributed by atoms with van der Waals surface area (Å²) in [6.07, 6.45) is -2.59. The second-order valence-corrected chi connectivity index (χ2v) is 40.7. The van der Waals surface area contributed by atoms with Crippen LogP contribution in [0.1, 0.15) is 122 Å². The van der Waals surface area contributed by atoms with Crippen LogP contribution in [-0.2, 0) is 119 Å². The SMILES string of the molecule is CC(C(Br)C(=O)OCCN(C)C)C(C)(C)C(=O)OCC(OC(=O)C(C)(C)CC(Br)C(=O)OCCN(C)C)C(COCC(COC(=O)C(C)(C)CC(Br)C(=O)OCCN(C)C)(COC(=O)C(C)(C)CC(Br)C(=O)OCCN(C)C)COC(=O)C(C)(C)CC(Br)C(=O)OCCN(C)C)COC(=O)C(C)(C)CC(Br)C(=O)OCCN(C)C. The highest BCUT2D eigenvalue weighted by atomic mass is 79.9. The van der Waals surface area contributed by atoms with Crippen LogP contribution in [0.3, 0.4) is 0 Å². The fourth-order valence-corrected chi connectivity index (χ4v) is 15.3. The molecule has 9 unspecified atom stereocenters. The van der Waals surface area contributed by atoms with Crippen LogP contribution in [0.2, 0.25) is 0 Å². The molecule has 0 saturated heterocycles. The average molecular weight is 2020 g/mol. The molecule has 0 amide bonds. The monoisotopic (exact) mass is 2010 g/mol. The lowest BCUT2D eigenvalue weighted by atomic mass is 9.78. The van der Waals surface area contributed by atoms with Gasteiger partial charge in [-0.3, -0.25) is 57.5 Å². The van der Waals surface area contributed by atoms with Gasteiger partial charge in [-0.25, -0.2) is 0 Å². The second kappa shape index (κ2) is 52.4. The maximum atomic E-state index is 15.1. The fraction of sp³-hybridized carbons (Fsp3) is 0.844. The largest absolute Gasteiger partial charge is 0.465 e. The van der Waals surface area contributed by atoms with Gasteiger partial charge in [0.2, 0.25) is 0 Å². The van der Waals surface area contributed by atoms with Crippen molar-refractivity contribution >= 4 is 167 Å². The number of rotatable bonds is 58. The zero-order valence-electron chi connectivity index (χ0n) is 71.8. The van der Waals surface area contributed by atoms with Gasteiger partial charge in [0.25, 0.3) is 0 Å². The molecule has 0 aliphatic rings. The standard InChI is InChI=1S/C77H132Br6N6O25/c1-50(58(83)64(95)108-37-31-89(24)25)76(12,13)70(101)110-45-57(114-69(100)75(10,11)42-56(82)63(94)107-36-30-88(22)23)51(44-109-65(96)71(2,3)38-52(78)59(90)103-32-26-84(14)15)43-102-46-77(47-111-66(97)72(4,5)39-53(79)60(91)104-33-27-85(16)17,48-112-67(98)73(6,7)40-54(80)61(92)105-34-28-86(18)19)49-113-68(99)74(8,9)41-55(81)62(93)106-35-29-87(20)21/h50-58H,26-49H2,1-25H3. The van der Waals surface area contributed by atoms with E-state index in [0.717, 1.165) is 0 Å². The number of likely N-dealkylation sites (N-methyl/N-ethyl adjacent to an activating group) is 6. The number of hydrogen-bond donors (Lipinski definition) is 0. The quantitative estimate of drug-likeness (QED) is 0.0314. The molecule has 0 spiro atoms. The Kier molecular flexibility index (Phi) is 50.7. The summed E-state index contributed by atoms with van der Waals surface area (Å²) < 4.78 is 77.1. The first-order valence-electron chi connectivity index (χ1n) is 37.7. The van der Waals surface area contributed by atoms with Gasteiger partial charge in [0, 0.05) is 39.3 Å². The van der Waals surface area contributed by atoms with Crippen molar-refractivity contribution in [3.05, 3.63) is 0 Å². The number of carbonyl (C=O) groups excluding carboxylic acids is 12. The molecule has 662 valence electrons. The predicted molar refractivity (Wildman–Crippen MR) is 450 cm³/mol. The minimum atomic E-state index is -2.00. The van der Waals surface area contributed by atoms with E-state index in [0.29, 0.717) is 39.3 Å². The molecule has 0 fully saturated rings. The van der Waals surface area contributed by atoms with Crippen molar-refractivity contribution in [3.8, 4) is 0 Å². The molecule has 0 N–H and O–H groups in total. The van der Waals surface area contributed by atoms with Crippen LogP contribution in [0.15, 0.2) is 0 Å². The highest BCUT2D eigenvalue weighted by molar-refractivity contribution is 9.10. The van der Waals surface area contributed by atoms with E-state index >= 15 is 4.79 Å². The van der Waals surface area contributed by atoms with Gasteiger partial charge in [-0.2, -0.15) is 0 Å². The third kappa shape index (κ3) is 43.0. The van der Waals surface area contributed by atoms with E-state index in [9.17, 15) is 52.7 Å². The summed E-state index contributed by atoms with van der Waals surface area (Å²) in [4.78, 5) is 174. The van der Waals surface area contributed by atoms with E-state index in [4.69, 9.17) is 61.6 Å². The summed E-state index contributed by atoms with van der Waals surface area (Å²) in [6, 6.07) is 0. The minimum absolute atomic E-state index is 0.0272. The van der Waals surface area contributed by atoms with E-state index in [1.165, 1.54) is 83.1 Å². The van der Waals surface area contributed by atoms with Crippen molar-refractivity contribution in [1.29, 1.82) is 0 Å². The van der Waals surface area contributed by atoms with Crippen molar-refractivity contribution < 1.29 is 119 Å². The molecule has 0 bridgehead atoms. The zero-order chi connectivity index (χ0) is 88.3. The van der Waals surface area contributed by atoms with Crippen LogP contribution in [0, 0.1) is 49.7 Å². The summed E-state index contributed by atoms with van der Waals surface area (Å²) in [5.41, 5.74) is -11.0. The van der Waals surface area contributed by atoms with Crippen molar-refractivity contribution in [2.45, 2.75) is 157 Å². The average Bonchev–Trinajstić information content (AvgIpc) is 0.822. The number of alkyl halides is 6. The van der Waals surface area contributed by atoms with Gasteiger partial charge in [0.15, 0.2) is 0 Å². The van der Waals surface area contributed by atoms with Crippen LogP contribution >= 0.6 is 95.6 Å². The number of nitrogens with zero attached hydrogens (tertiary/aromatic N) is 6. The summed E-state index contributed by atoms with van der Waals surface area (Å²) in [5, 5.41) is 0. The first-order chi connectivity index (χ1) is 52.3. The summed E-state index contributed by atoms with van der Waals surface area (Å²) in [6.45, 7) is 17.2.